The molecule has 0 spiro atoms. The van der Waals surface area contributed by atoms with E-state index in [1.54, 1.807) is 6.92 Å². The quantitative estimate of drug-likeness (QED) is 0.625. The monoisotopic (exact) mass is 258 g/mol. The molecule has 0 aliphatic rings. The summed E-state index contributed by atoms with van der Waals surface area (Å²) in [5, 5.41) is 22.4. The predicted octanol–water partition coefficient (Wildman–Crippen LogP) is 2.52. The first kappa shape index (κ1) is 13.2. The number of aliphatic carboxylic acids is 1. The van der Waals surface area contributed by atoms with Crippen LogP contribution in [0.3, 0.4) is 0 Å². The molecule has 0 amide bonds. The van der Waals surface area contributed by atoms with Crippen LogP contribution in [0.15, 0.2) is 18.2 Å². The first-order valence-electron chi connectivity index (χ1n) is 4.82. The van der Waals surface area contributed by atoms with Gasteiger partial charge >= 0.3 is 5.97 Å². The van der Waals surface area contributed by atoms with Crippen molar-refractivity contribution in [2.75, 3.05) is 5.32 Å². The van der Waals surface area contributed by atoms with Gasteiger partial charge in [0.05, 0.1) is 11.3 Å². The Balaban J connectivity index is 2.92. The molecule has 92 valence electrons. The van der Waals surface area contributed by atoms with Crippen molar-refractivity contribution in [1.82, 2.24) is 0 Å². The Bertz CT molecular complexity index is 450. The number of carbonyl (C=O) groups is 1. The molecule has 0 aliphatic heterocycles. The number of nitrogens with one attached hydrogen (secondary N) is 1. The molecule has 1 atom stereocenters. The molecule has 17 heavy (non-hydrogen) atoms. The number of halogens is 1. The summed E-state index contributed by atoms with van der Waals surface area (Å²) in [6, 6.07) is 3.66. The molecule has 0 saturated heterocycles. The second-order valence-electron chi connectivity index (χ2n) is 3.56. The Kier molecular flexibility index (Phi) is 4.28. The summed E-state index contributed by atoms with van der Waals surface area (Å²) >= 11 is 5.73. The molecular weight excluding hydrogens is 248 g/mol. The Morgan fingerprint density at radius 1 is 1.65 bits per heavy atom. The molecule has 0 bridgehead atoms. The third-order valence-electron chi connectivity index (χ3n) is 2.04. The summed E-state index contributed by atoms with van der Waals surface area (Å²) in [4.78, 5) is 20.7. The number of anilines is 1. The summed E-state index contributed by atoms with van der Waals surface area (Å²) in [6.07, 6.45) is -0.135. The van der Waals surface area contributed by atoms with Crippen molar-refractivity contribution < 1.29 is 14.8 Å². The summed E-state index contributed by atoms with van der Waals surface area (Å²) < 4.78 is 0. The van der Waals surface area contributed by atoms with Gasteiger partial charge in [-0.15, -0.1) is 0 Å². The topological polar surface area (TPSA) is 92.5 Å². The van der Waals surface area contributed by atoms with Crippen molar-refractivity contribution in [2.24, 2.45) is 0 Å². The fraction of sp³-hybridized carbons (Fsp3) is 0.300. The molecule has 0 heterocycles. The minimum absolute atomic E-state index is 0.133. The minimum atomic E-state index is -0.977. The van der Waals surface area contributed by atoms with E-state index in [0.29, 0.717) is 5.02 Å². The number of nitro benzene ring substituents is 1. The highest BCUT2D eigenvalue weighted by atomic mass is 35.5. The van der Waals surface area contributed by atoms with Crippen LogP contribution in [0.25, 0.3) is 0 Å². The Hall–Kier alpha value is -1.82. The van der Waals surface area contributed by atoms with Crippen LogP contribution < -0.4 is 5.32 Å². The molecule has 1 aromatic carbocycles. The standard InChI is InChI=1S/C10H11ClN2O4/c1-6(4-10(14)15)12-8-5-7(11)2-3-9(8)13(16)17/h2-3,5-6,12H,4H2,1H3,(H,14,15). The van der Waals surface area contributed by atoms with Crippen LogP contribution in [0, 0.1) is 10.1 Å². The molecule has 0 fully saturated rings. The lowest BCUT2D eigenvalue weighted by Crippen LogP contribution is -2.19. The van der Waals surface area contributed by atoms with Gasteiger partial charge in [0.1, 0.15) is 5.69 Å². The number of hydrogen-bond acceptors (Lipinski definition) is 4. The van der Waals surface area contributed by atoms with Crippen molar-refractivity contribution in [3.63, 3.8) is 0 Å². The fourth-order valence-electron chi connectivity index (χ4n) is 1.36. The second-order valence-corrected chi connectivity index (χ2v) is 4.00. The van der Waals surface area contributed by atoms with Gasteiger partial charge in [-0.1, -0.05) is 11.6 Å². The van der Waals surface area contributed by atoms with E-state index in [0.717, 1.165) is 0 Å². The maximum absolute atomic E-state index is 10.7. The van der Waals surface area contributed by atoms with Gasteiger partial charge in [-0.05, 0) is 19.1 Å². The molecule has 1 unspecified atom stereocenters. The van der Waals surface area contributed by atoms with Gasteiger partial charge in [0.2, 0.25) is 0 Å². The van der Waals surface area contributed by atoms with E-state index in [9.17, 15) is 14.9 Å². The SMILES string of the molecule is CC(CC(=O)O)Nc1cc(Cl)ccc1[N+](=O)[O-]. The van der Waals surface area contributed by atoms with Gasteiger partial charge in [0.25, 0.3) is 5.69 Å². The first-order valence-corrected chi connectivity index (χ1v) is 5.20. The number of carboxylic acid groups (broad SMARTS) is 1. The summed E-state index contributed by atoms with van der Waals surface area (Å²) in [6.45, 7) is 1.62. The van der Waals surface area contributed by atoms with Crippen LogP contribution in [-0.2, 0) is 4.79 Å². The molecule has 1 rings (SSSR count). The lowest BCUT2D eigenvalue weighted by molar-refractivity contribution is -0.384. The highest BCUT2D eigenvalue weighted by Crippen LogP contribution is 2.28. The van der Waals surface area contributed by atoms with E-state index in [2.05, 4.69) is 5.32 Å². The first-order chi connectivity index (χ1) is 7.90. The smallest absolute Gasteiger partial charge is 0.305 e. The highest BCUT2D eigenvalue weighted by Gasteiger charge is 2.16. The predicted molar refractivity (Wildman–Crippen MR) is 63.4 cm³/mol. The maximum atomic E-state index is 10.7. The lowest BCUT2D eigenvalue weighted by atomic mass is 10.2. The number of nitrogens with zero attached hydrogens (tertiary/aromatic N) is 1. The zero-order chi connectivity index (χ0) is 13.0. The molecule has 0 saturated carbocycles. The maximum Gasteiger partial charge on any atom is 0.305 e. The summed E-state index contributed by atoms with van der Waals surface area (Å²) in [7, 11) is 0. The number of benzene rings is 1. The van der Waals surface area contributed by atoms with Crippen molar-refractivity contribution in [3.05, 3.63) is 33.3 Å². The molecule has 0 radical (unpaired) electrons. The van der Waals surface area contributed by atoms with E-state index in [1.807, 2.05) is 0 Å². The largest absolute Gasteiger partial charge is 0.481 e. The fourth-order valence-corrected chi connectivity index (χ4v) is 1.53. The van der Waals surface area contributed by atoms with E-state index in [1.165, 1.54) is 18.2 Å². The van der Waals surface area contributed by atoms with Gasteiger partial charge in [-0.3, -0.25) is 14.9 Å². The van der Waals surface area contributed by atoms with Crippen LogP contribution in [-0.4, -0.2) is 22.0 Å². The van der Waals surface area contributed by atoms with Crippen LogP contribution in [0.1, 0.15) is 13.3 Å². The van der Waals surface area contributed by atoms with E-state index in [4.69, 9.17) is 16.7 Å². The van der Waals surface area contributed by atoms with E-state index >= 15 is 0 Å². The van der Waals surface area contributed by atoms with E-state index in [-0.39, 0.29) is 17.8 Å². The molecule has 7 heteroatoms. The van der Waals surface area contributed by atoms with Gasteiger partial charge in [0.15, 0.2) is 0 Å². The van der Waals surface area contributed by atoms with Crippen LogP contribution in [0.5, 0.6) is 0 Å². The molecule has 6 nitrogen and oxygen atoms in total. The van der Waals surface area contributed by atoms with Gasteiger partial charge in [-0.25, -0.2) is 0 Å². The highest BCUT2D eigenvalue weighted by molar-refractivity contribution is 6.31. The molecular formula is C10H11ClN2O4. The van der Waals surface area contributed by atoms with Gasteiger partial charge < -0.3 is 10.4 Å². The number of carboxylic acids is 1. The van der Waals surface area contributed by atoms with Crippen LogP contribution >= 0.6 is 11.6 Å². The third kappa shape index (κ3) is 3.92. The zero-order valence-electron chi connectivity index (χ0n) is 9.01. The van der Waals surface area contributed by atoms with Crippen LogP contribution in [0.2, 0.25) is 5.02 Å². The lowest BCUT2D eigenvalue weighted by Gasteiger charge is -2.13. The average Bonchev–Trinajstić information content (AvgIpc) is 2.15. The third-order valence-corrected chi connectivity index (χ3v) is 2.27. The Labute approximate surface area is 102 Å². The Morgan fingerprint density at radius 2 is 2.29 bits per heavy atom. The van der Waals surface area contributed by atoms with Gasteiger partial charge in [0, 0.05) is 17.1 Å². The van der Waals surface area contributed by atoms with Crippen molar-refractivity contribution in [2.45, 2.75) is 19.4 Å². The normalized spacial score (nSPS) is 11.9. The number of hydrogen-bond donors (Lipinski definition) is 2. The molecule has 2 N–H and O–H groups in total. The number of rotatable bonds is 5. The van der Waals surface area contributed by atoms with Crippen molar-refractivity contribution in [1.29, 1.82) is 0 Å². The van der Waals surface area contributed by atoms with Gasteiger partial charge in [-0.2, -0.15) is 0 Å². The molecule has 0 aromatic heterocycles. The summed E-state index contributed by atoms with van der Waals surface area (Å²) in [5.41, 5.74) is 0.0860. The minimum Gasteiger partial charge on any atom is -0.481 e. The number of nitro groups is 1. The zero-order valence-corrected chi connectivity index (χ0v) is 9.77. The van der Waals surface area contributed by atoms with Crippen molar-refractivity contribution in [3.8, 4) is 0 Å². The van der Waals surface area contributed by atoms with Crippen LogP contribution in [0.4, 0.5) is 11.4 Å². The summed E-state index contributed by atoms with van der Waals surface area (Å²) in [5.74, 6) is -0.977. The second kappa shape index (κ2) is 5.49. The molecule has 0 aliphatic carbocycles. The molecule has 1 aromatic rings. The van der Waals surface area contributed by atoms with E-state index < -0.39 is 16.9 Å². The average molecular weight is 259 g/mol. The van der Waals surface area contributed by atoms with Crippen molar-refractivity contribution >= 4 is 28.9 Å². The Morgan fingerprint density at radius 3 is 2.82 bits per heavy atom.